The number of benzene rings is 1. The molecule has 2 rings (SSSR count). The van der Waals surface area contributed by atoms with Gasteiger partial charge in [0.15, 0.2) is 0 Å². The smallest absolute Gasteiger partial charge is 0.107 e. The summed E-state index contributed by atoms with van der Waals surface area (Å²) in [5.41, 5.74) is 2.26. The number of thiazole rings is 1. The van der Waals surface area contributed by atoms with Crippen LogP contribution in [0.25, 0.3) is 11.3 Å². The zero-order valence-electron chi connectivity index (χ0n) is 10.8. The van der Waals surface area contributed by atoms with Gasteiger partial charge >= 0.3 is 0 Å². The van der Waals surface area contributed by atoms with Crippen LogP contribution in [0.3, 0.4) is 0 Å². The van der Waals surface area contributed by atoms with Crippen LogP contribution in [0.2, 0.25) is 0 Å². The Bertz CT molecular complexity index is 494. The third-order valence-corrected chi connectivity index (χ3v) is 4.37. The molecule has 1 heterocycles. The van der Waals surface area contributed by atoms with Gasteiger partial charge in [0.25, 0.3) is 0 Å². The fourth-order valence-electron chi connectivity index (χ4n) is 1.64. The van der Waals surface area contributed by atoms with E-state index in [-0.39, 0.29) is 0 Å². The second-order valence-electron chi connectivity index (χ2n) is 4.03. The summed E-state index contributed by atoms with van der Waals surface area (Å²) in [6, 6.07) is 10.3. The van der Waals surface area contributed by atoms with Crippen molar-refractivity contribution in [1.29, 1.82) is 0 Å². The molecular formula is C15H18N2S2. The first-order chi connectivity index (χ1) is 9.40. The molecule has 0 fully saturated rings. The van der Waals surface area contributed by atoms with Gasteiger partial charge in [-0.3, -0.25) is 0 Å². The Morgan fingerprint density at radius 1 is 1.32 bits per heavy atom. The van der Waals surface area contributed by atoms with Crippen LogP contribution < -0.4 is 5.32 Å². The molecule has 2 nitrogen and oxygen atoms in total. The molecule has 1 N–H and O–H groups in total. The van der Waals surface area contributed by atoms with Gasteiger partial charge < -0.3 is 5.32 Å². The minimum absolute atomic E-state index is 0.853. The average Bonchev–Trinajstić information content (AvgIpc) is 2.92. The lowest BCUT2D eigenvalue weighted by Crippen LogP contribution is -2.16. The largest absolute Gasteiger partial charge is 0.310 e. The van der Waals surface area contributed by atoms with E-state index in [0.29, 0.717) is 0 Å². The Labute approximate surface area is 123 Å². The Hall–Kier alpha value is -1.10. The van der Waals surface area contributed by atoms with Crippen molar-refractivity contribution in [2.24, 2.45) is 0 Å². The Morgan fingerprint density at radius 2 is 2.16 bits per heavy atom. The number of aromatic nitrogens is 1. The summed E-state index contributed by atoms with van der Waals surface area (Å²) in [6.07, 6.45) is 1.94. The summed E-state index contributed by atoms with van der Waals surface area (Å²) in [5.74, 6) is 2.14. The zero-order valence-corrected chi connectivity index (χ0v) is 12.5. The lowest BCUT2D eigenvalue weighted by molar-refractivity contribution is 0.728. The van der Waals surface area contributed by atoms with E-state index in [1.165, 1.54) is 5.56 Å². The molecule has 0 saturated heterocycles. The number of nitrogens with zero attached hydrogens (tertiary/aromatic N) is 1. The maximum atomic E-state index is 4.65. The minimum atomic E-state index is 0.853. The van der Waals surface area contributed by atoms with Crippen molar-refractivity contribution in [3.63, 3.8) is 0 Å². The first kappa shape index (κ1) is 14.3. The highest BCUT2D eigenvalue weighted by molar-refractivity contribution is 7.99. The fraction of sp³-hybridized carbons (Fsp3) is 0.267. The summed E-state index contributed by atoms with van der Waals surface area (Å²) in [4.78, 5) is 4.65. The van der Waals surface area contributed by atoms with E-state index < -0.39 is 0 Å². The number of nitrogens with one attached hydrogen (secondary N) is 1. The molecule has 0 bridgehead atoms. The molecular weight excluding hydrogens is 272 g/mol. The molecule has 0 spiro atoms. The summed E-state index contributed by atoms with van der Waals surface area (Å²) in [6.45, 7) is 5.57. The summed E-state index contributed by atoms with van der Waals surface area (Å²) >= 11 is 3.61. The number of hydrogen-bond donors (Lipinski definition) is 1. The summed E-state index contributed by atoms with van der Waals surface area (Å²) in [7, 11) is 0. The summed E-state index contributed by atoms with van der Waals surface area (Å²) < 4.78 is 0. The number of hydrogen-bond acceptors (Lipinski definition) is 4. The molecule has 100 valence electrons. The molecule has 0 atom stereocenters. The lowest BCUT2D eigenvalue weighted by Gasteiger charge is -2.01. The Morgan fingerprint density at radius 3 is 2.95 bits per heavy atom. The van der Waals surface area contributed by atoms with Crippen LogP contribution in [0.4, 0.5) is 0 Å². The van der Waals surface area contributed by atoms with Gasteiger partial charge in [-0.05, 0) is 0 Å². The van der Waals surface area contributed by atoms with Crippen molar-refractivity contribution >= 4 is 23.1 Å². The molecule has 19 heavy (non-hydrogen) atoms. The maximum Gasteiger partial charge on any atom is 0.107 e. The number of thioether (sulfide) groups is 1. The van der Waals surface area contributed by atoms with Crippen molar-refractivity contribution in [1.82, 2.24) is 10.3 Å². The van der Waals surface area contributed by atoms with Crippen LogP contribution in [-0.4, -0.2) is 23.0 Å². The molecule has 1 aromatic carbocycles. The van der Waals surface area contributed by atoms with Gasteiger partial charge in [0, 0.05) is 35.5 Å². The molecule has 0 saturated carbocycles. The second kappa shape index (κ2) is 8.15. The summed E-state index contributed by atoms with van der Waals surface area (Å²) in [5, 5.41) is 6.69. The number of rotatable bonds is 8. The highest BCUT2D eigenvalue weighted by atomic mass is 32.2. The van der Waals surface area contributed by atoms with Crippen LogP contribution in [0, 0.1) is 0 Å². The standard InChI is InChI=1S/C15H18N2S2/c1-2-9-18-10-8-16-11-15-17-14(12-19-15)13-6-4-3-5-7-13/h2-7,12,16H,1,8-11H2. The van der Waals surface area contributed by atoms with Crippen molar-refractivity contribution < 1.29 is 0 Å². The van der Waals surface area contributed by atoms with Gasteiger partial charge in [-0.1, -0.05) is 36.4 Å². The van der Waals surface area contributed by atoms with Gasteiger partial charge in [-0.25, -0.2) is 4.98 Å². The van der Waals surface area contributed by atoms with Crippen LogP contribution in [-0.2, 0) is 6.54 Å². The minimum Gasteiger partial charge on any atom is -0.310 e. The van der Waals surface area contributed by atoms with Gasteiger partial charge in [0.1, 0.15) is 5.01 Å². The molecule has 0 aliphatic carbocycles. The zero-order chi connectivity index (χ0) is 13.3. The van der Waals surface area contributed by atoms with E-state index in [9.17, 15) is 0 Å². The van der Waals surface area contributed by atoms with Crippen molar-refractivity contribution in [2.75, 3.05) is 18.1 Å². The van der Waals surface area contributed by atoms with E-state index in [1.807, 2.05) is 36.0 Å². The molecule has 0 amide bonds. The van der Waals surface area contributed by atoms with Crippen LogP contribution in [0.1, 0.15) is 5.01 Å². The van der Waals surface area contributed by atoms with Crippen molar-refractivity contribution in [2.45, 2.75) is 6.54 Å². The predicted molar refractivity (Wildman–Crippen MR) is 86.8 cm³/mol. The topological polar surface area (TPSA) is 24.9 Å². The van der Waals surface area contributed by atoms with E-state index in [4.69, 9.17) is 0 Å². The molecule has 2 aromatic rings. The van der Waals surface area contributed by atoms with Crippen molar-refractivity contribution in [3.05, 3.63) is 53.4 Å². The van der Waals surface area contributed by atoms with Crippen LogP contribution in [0.15, 0.2) is 48.4 Å². The second-order valence-corrected chi connectivity index (χ2v) is 6.13. The first-order valence-electron chi connectivity index (χ1n) is 6.29. The monoisotopic (exact) mass is 290 g/mol. The highest BCUT2D eigenvalue weighted by Crippen LogP contribution is 2.21. The molecule has 1 aromatic heterocycles. The Kier molecular flexibility index (Phi) is 6.14. The van der Waals surface area contributed by atoms with E-state index in [0.717, 1.165) is 35.3 Å². The van der Waals surface area contributed by atoms with Crippen LogP contribution >= 0.6 is 23.1 Å². The van der Waals surface area contributed by atoms with Gasteiger partial charge in [-0.2, -0.15) is 11.8 Å². The third-order valence-electron chi connectivity index (χ3n) is 2.56. The molecule has 4 heteroatoms. The van der Waals surface area contributed by atoms with Gasteiger partial charge in [0.2, 0.25) is 0 Å². The molecule has 0 radical (unpaired) electrons. The predicted octanol–water partition coefficient (Wildman–Crippen LogP) is 3.82. The molecule has 0 aliphatic heterocycles. The SMILES string of the molecule is C=CCSCCNCc1nc(-c2ccccc2)cs1. The average molecular weight is 290 g/mol. The normalized spacial score (nSPS) is 10.5. The molecule has 0 aliphatic rings. The van der Waals surface area contributed by atoms with E-state index in [2.05, 4.69) is 34.4 Å². The van der Waals surface area contributed by atoms with E-state index >= 15 is 0 Å². The van der Waals surface area contributed by atoms with Gasteiger partial charge in [0.05, 0.1) is 5.69 Å². The highest BCUT2D eigenvalue weighted by Gasteiger charge is 2.03. The fourth-order valence-corrected chi connectivity index (χ4v) is 3.03. The lowest BCUT2D eigenvalue weighted by atomic mass is 10.2. The molecule has 0 unspecified atom stereocenters. The van der Waals surface area contributed by atoms with Crippen LogP contribution in [0.5, 0.6) is 0 Å². The van der Waals surface area contributed by atoms with Crippen molar-refractivity contribution in [3.8, 4) is 11.3 Å². The first-order valence-corrected chi connectivity index (χ1v) is 8.33. The Balaban J connectivity index is 1.77. The third kappa shape index (κ3) is 4.82. The quantitative estimate of drug-likeness (QED) is 0.591. The van der Waals surface area contributed by atoms with Gasteiger partial charge in [-0.15, -0.1) is 17.9 Å². The maximum absolute atomic E-state index is 4.65. The van der Waals surface area contributed by atoms with E-state index in [1.54, 1.807) is 11.3 Å².